The molecule has 0 radical (unpaired) electrons. The predicted octanol–water partition coefficient (Wildman–Crippen LogP) is 12.3. The zero-order valence-corrected chi connectivity index (χ0v) is 29.4. The van der Waals surface area contributed by atoms with Crippen LogP contribution < -0.4 is 0 Å². The van der Waals surface area contributed by atoms with Crippen molar-refractivity contribution in [3.8, 4) is 22.3 Å². The molecule has 7 aromatic rings. The average Bonchev–Trinajstić information content (AvgIpc) is 3.10. The molecule has 2 aromatic heterocycles. The highest BCUT2D eigenvalue weighted by Crippen LogP contribution is 2.40. The summed E-state index contributed by atoms with van der Waals surface area (Å²) >= 11 is 0. The van der Waals surface area contributed by atoms with Crippen molar-refractivity contribution in [3.63, 3.8) is 0 Å². The van der Waals surface area contributed by atoms with E-state index in [1.807, 2.05) is 0 Å². The van der Waals surface area contributed by atoms with Crippen LogP contribution in [0, 0.1) is 41.5 Å². The standard InChI is InChI=1S/C46H44N2/c1-27-21-31(5)39(23-29(27)3)33(7)43-25-41(35-15-11-9-12-16-35)37-19-20-38-42(36-17-13-10-14-18-36)26-44(48-46(38)45(37)47-43)34(8)40-24-30(4)28(2)22-32(40)6/h9-26,33-34H,1-8H3. The first-order chi connectivity index (χ1) is 23.1. The van der Waals surface area contributed by atoms with Gasteiger partial charge in [-0.1, -0.05) is 111 Å². The highest BCUT2D eigenvalue weighted by atomic mass is 14.8. The van der Waals surface area contributed by atoms with E-state index in [2.05, 4.69) is 165 Å². The number of benzene rings is 5. The minimum atomic E-state index is 0.111. The zero-order chi connectivity index (χ0) is 33.7. The number of aromatic nitrogens is 2. The number of hydrogen-bond acceptors (Lipinski definition) is 2. The maximum atomic E-state index is 5.55. The van der Waals surface area contributed by atoms with Crippen molar-refractivity contribution in [2.24, 2.45) is 0 Å². The molecule has 0 N–H and O–H groups in total. The smallest absolute Gasteiger partial charge is 0.0974 e. The molecule has 0 spiro atoms. The fourth-order valence-electron chi connectivity index (χ4n) is 7.39. The van der Waals surface area contributed by atoms with Crippen LogP contribution in [0.4, 0.5) is 0 Å². The molecule has 0 amide bonds. The maximum Gasteiger partial charge on any atom is 0.0974 e. The largest absolute Gasteiger partial charge is 0.250 e. The lowest BCUT2D eigenvalue weighted by atomic mass is 9.87. The molecule has 0 saturated heterocycles. The van der Waals surface area contributed by atoms with E-state index in [0.717, 1.165) is 33.2 Å². The average molecular weight is 625 g/mol. The Kier molecular flexibility index (Phi) is 8.21. The summed E-state index contributed by atoms with van der Waals surface area (Å²) in [7, 11) is 0. The monoisotopic (exact) mass is 624 g/mol. The van der Waals surface area contributed by atoms with Crippen molar-refractivity contribution >= 4 is 21.8 Å². The predicted molar refractivity (Wildman–Crippen MR) is 204 cm³/mol. The van der Waals surface area contributed by atoms with Crippen molar-refractivity contribution < 1.29 is 0 Å². The molecule has 0 bridgehead atoms. The fraction of sp³-hybridized carbons (Fsp3) is 0.217. The first-order valence-corrected chi connectivity index (χ1v) is 17.1. The Bertz CT molecular complexity index is 2150. The number of hydrogen-bond donors (Lipinski definition) is 0. The Morgan fingerprint density at radius 3 is 1.12 bits per heavy atom. The molecular weight excluding hydrogens is 581 g/mol. The van der Waals surface area contributed by atoms with E-state index < -0.39 is 0 Å². The van der Waals surface area contributed by atoms with Gasteiger partial charge in [0.05, 0.1) is 11.0 Å². The van der Waals surface area contributed by atoms with Crippen LogP contribution in [0.25, 0.3) is 44.1 Å². The maximum absolute atomic E-state index is 5.55. The van der Waals surface area contributed by atoms with Gasteiger partial charge in [0.2, 0.25) is 0 Å². The van der Waals surface area contributed by atoms with Crippen molar-refractivity contribution in [1.29, 1.82) is 0 Å². The van der Waals surface area contributed by atoms with Crippen molar-refractivity contribution in [1.82, 2.24) is 9.97 Å². The summed E-state index contributed by atoms with van der Waals surface area (Å²) in [6.07, 6.45) is 0. The molecule has 2 atom stereocenters. The summed E-state index contributed by atoms with van der Waals surface area (Å²) in [5, 5.41) is 2.25. The van der Waals surface area contributed by atoms with Gasteiger partial charge in [0.25, 0.3) is 0 Å². The van der Waals surface area contributed by atoms with E-state index in [1.54, 1.807) is 0 Å². The Morgan fingerprint density at radius 2 is 0.750 bits per heavy atom. The summed E-state index contributed by atoms with van der Waals surface area (Å²) < 4.78 is 0. The van der Waals surface area contributed by atoms with Gasteiger partial charge in [-0.2, -0.15) is 0 Å². The molecule has 2 unspecified atom stereocenters. The highest BCUT2D eigenvalue weighted by Gasteiger charge is 2.22. The fourth-order valence-corrected chi connectivity index (χ4v) is 7.39. The topological polar surface area (TPSA) is 25.8 Å². The van der Waals surface area contributed by atoms with Crippen LogP contribution in [-0.2, 0) is 0 Å². The van der Waals surface area contributed by atoms with E-state index in [-0.39, 0.29) is 11.8 Å². The first-order valence-electron chi connectivity index (χ1n) is 17.1. The molecule has 0 fully saturated rings. The molecule has 5 aromatic carbocycles. The Morgan fingerprint density at radius 1 is 0.396 bits per heavy atom. The van der Waals surface area contributed by atoms with Gasteiger partial charge >= 0.3 is 0 Å². The molecule has 2 heteroatoms. The molecule has 48 heavy (non-hydrogen) atoms. The van der Waals surface area contributed by atoms with Crippen LogP contribution in [0.2, 0.25) is 0 Å². The Balaban J connectivity index is 1.55. The molecule has 7 rings (SSSR count). The second-order valence-corrected chi connectivity index (χ2v) is 13.8. The SMILES string of the molecule is Cc1cc(C)c(C(C)c2cc(-c3ccccc3)c3ccc4c(-c5ccccc5)cc(C(C)c5cc(C)c(C)cc5C)nc4c3n2)cc1C. The van der Waals surface area contributed by atoms with Gasteiger partial charge in [0.15, 0.2) is 0 Å². The van der Waals surface area contributed by atoms with E-state index in [4.69, 9.17) is 9.97 Å². The minimum absolute atomic E-state index is 0.111. The summed E-state index contributed by atoms with van der Waals surface area (Å²) in [5.41, 5.74) is 19.3. The second kappa shape index (κ2) is 12.5. The molecule has 0 aliphatic carbocycles. The van der Waals surface area contributed by atoms with Crippen LogP contribution in [-0.4, -0.2) is 9.97 Å². The molecule has 0 saturated carbocycles. The molecule has 2 nitrogen and oxygen atoms in total. The van der Waals surface area contributed by atoms with E-state index in [9.17, 15) is 0 Å². The van der Waals surface area contributed by atoms with E-state index in [0.29, 0.717) is 0 Å². The lowest BCUT2D eigenvalue weighted by molar-refractivity contribution is 0.864. The van der Waals surface area contributed by atoms with Crippen LogP contribution >= 0.6 is 0 Å². The van der Waals surface area contributed by atoms with Gasteiger partial charge in [-0.3, -0.25) is 0 Å². The first kappa shape index (κ1) is 31.5. The summed E-state index contributed by atoms with van der Waals surface area (Å²) in [4.78, 5) is 11.1. The van der Waals surface area contributed by atoms with Crippen molar-refractivity contribution in [3.05, 3.63) is 165 Å². The van der Waals surface area contributed by atoms with Gasteiger partial charge in [-0.25, -0.2) is 9.97 Å². The number of pyridine rings is 2. The molecule has 238 valence electrons. The molecule has 0 aliphatic rings. The van der Waals surface area contributed by atoms with Gasteiger partial charge < -0.3 is 0 Å². The molecular formula is C46H44N2. The number of aryl methyl sites for hydroxylation is 6. The lowest BCUT2D eigenvalue weighted by Gasteiger charge is -2.21. The number of rotatable bonds is 6. The molecule has 0 aliphatic heterocycles. The third kappa shape index (κ3) is 5.60. The summed E-state index contributed by atoms with van der Waals surface area (Å²) in [5.74, 6) is 0.223. The van der Waals surface area contributed by atoms with Crippen LogP contribution in [0.5, 0.6) is 0 Å². The summed E-state index contributed by atoms with van der Waals surface area (Å²) in [6.45, 7) is 17.8. The molecule has 2 heterocycles. The number of nitrogens with zero attached hydrogens (tertiary/aromatic N) is 2. The minimum Gasteiger partial charge on any atom is -0.250 e. The van der Waals surface area contributed by atoms with Crippen molar-refractivity contribution in [2.75, 3.05) is 0 Å². The van der Waals surface area contributed by atoms with Crippen LogP contribution in [0.15, 0.2) is 109 Å². The van der Waals surface area contributed by atoms with Gasteiger partial charge in [0.1, 0.15) is 0 Å². The normalized spacial score (nSPS) is 12.8. The third-order valence-electron chi connectivity index (χ3n) is 10.6. The van der Waals surface area contributed by atoms with Gasteiger partial charge in [-0.15, -0.1) is 0 Å². The second-order valence-electron chi connectivity index (χ2n) is 13.8. The van der Waals surface area contributed by atoms with Crippen molar-refractivity contribution in [2.45, 2.75) is 67.2 Å². The summed E-state index contributed by atoms with van der Waals surface area (Å²) in [6, 6.07) is 39.9. The third-order valence-corrected chi connectivity index (χ3v) is 10.6. The highest BCUT2D eigenvalue weighted by molar-refractivity contribution is 6.12. The Hall–Kier alpha value is -5.08. The zero-order valence-electron chi connectivity index (χ0n) is 29.4. The lowest BCUT2D eigenvalue weighted by Crippen LogP contribution is -2.06. The quantitative estimate of drug-likeness (QED) is 0.172. The van der Waals surface area contributed by atoms with Gasteiger partial charge in [0, 0.05) is 34.0 Å². The number of fused-ring (bicyclic) bond motifs is 3. The van der Waals surface area contributed by atoms with Crippen LogP contribution in [0.3, 0.4) is 0 Å². The van der Waals surface area contributed by atoms with Crippen LogP contribution in [0.1, 0.15) is 81.6 Å². The Labute approximate surface area is 285 Å². The van der Waals surface area contributed by atoms with Gasteiger partial charge in [-0.05, 0) is 120 Å². The van der Waals surface area contributed by atoms with E-state index >= 15 is 0 Å². The van der Waals surface area contributed by atoms with E-state index in [1.165, 1.54) is 66.8 Å².